The summed E-state index contributed by atoms with van der Waals surface area (Å²) in [5, 5.41) is 14.9. The minimum absolute atomic E-state index is 0. The number of benzene rings is 1. The van der Waals surface area contributed by atoms with Crippen LogP contribution in [0.15, 0.2) is 42.5 Å². The summed E-state index contributed by atoms with van der Waals surface area (Å²) in [5.74, 6) is -0.890. The van der Waals surface area contributed by atoms with Gasteiger partial charge in [-0.2, -0.15) is 0 Å². The van der Waals surface area contributed by atoms with E-state index in [0.717, 1.165) is 22.9 Å². The molecule has 0 saturated carbocycles. The Hall–Kier alpha value is -3.72. The van der Waals surface area contributed by atoms with Crippen molar-refractivity contribution in [3.05, 3.63) is 87.9 Å². The molecule has 12 heteroatoms. The number of nitrogens with zero attached hydrogens (tertiary/aromatic N) is 5. The molecule has 0 aliphatic rings. The molecule has 0 unspecified atom stereocenters. The fourth-order valence-electron chi connectivity index (χ4n) is 3.37. The second-order valence-electron chi connectivity index (χ2n) is 7.99. The predicted molar refractivity (Wildman–Crippen MR) is 121 cm³/mol. The van der Waals surface area contributed by atoms with Crippen LogP contribution in [0.5, 0.6) is 11.5 Å². The Morgan fingerprint density at radius 3 is 2.22 bits per heavy atom. The molecule has 1 aromatic carbocycles. The molecule has 0 saturated heterocycles. The van der Waals surface area contributed by atoms with Crippen molar-refractivity contribution in [1.29, 1.82) is 0 Å². The van der Waals surface area contributed by atoms with Crippen LogP contribution in [0.3, 0.4) is 0 Å². The van der Waals surface area contributed by atoms with E-state index in [0.29, 0.717) is 22.9 Å². The molecule has 0 bridgehead atoms. The largest absolute Gasteiger partial charge is 2.00 e. The number of aromatic nitrogens is 4. The molecular weight excluding hydrogens is 655 g/mol. The molecule has 188 valence electrons. The van der Waals surface area contributed by atoms with Gasteiger partial charge in [0.15, 0.2) is 0 Å². The number of rotatable bonds is 7. The Labute approximate surface area is 219 Å². The summed E-state index contributed by atoms with van der Waals surface area (Å²) in [6.07, 6.45) is 2.67. The van der Waals surface area contributed by atoms with Crippen molar-refractivity contribution < 1.29 is 44.2 Å². The normalized spacial score (nSPS) is 11.1. The van der Waals surface area contributed by atoms with Crippen molar-refractivity contribution in [2.45, 2.75) is 19.3 Å². The van der Waals surface area contributed by atoms with Crippen LogP contribution in [-0.4, -0.2) is 38.9 Å². The first kappa shape index (κ1) is 26.9. The number of pyridine rings is 2. The van der Waals surface area contributed by atoms with Crippen molar-refractivity contribution in [3.8, 4) is 28.6 Å². The third kappa shape index (κ3) is 5.26. The van der Waals surface area contributed by atoms with Crippen molar-refractivity contribution >= 4 is 5.82 Å². The van der Waals surface area contributed by atoms with E-state index in [1.807, 2.05) is 13.8 Å². The third-order valence-corrected chi connectivity index (χ3v) is 5.37. The van der Waals surface area contributed by atoms with E-state index in [-0.39, 0.29) is 44.0 Å². The molecule has 0 fully saturated rings. The van der Waals surface area contributed by atoms with Gasteiger partial charge in [-0.3, -0.25) is 18.7 Å². The Balaban J connectivity index is 0.00000361. The van der Waals surface area contributed by atoms with Gasteiger partial charge in [0.25, 0.3) is 5.82 Å². The topological polar surface area (TPSA) is 105 Å². The maximum atomic E-state index is 14.5. The number of nitro groups is 1. The molecule has 0 N–H and O–H groups in total. The van der Waals surface area contributed by atoms with Gasteiger partial charge < -0.3 is 19.6 Å². The second kappa shape index (κ2) is 10.5. The van der Waals surface area contributed by atoms with E-state index in [1.165, 1.54) is 20.3 Å². The van der Waals surface area contributed by atoms with E-state index >= 15 is 0 Å². The van der Waals surface area contributed by atoms with Gasteiger partial charge in [-0.05, 0) is 43.0 Å². The minimum atomic E-state index is -0.887. The fourth-order valence-corrected chi connectivity index (χ4v) is 3.37. The standard InChI is InChI=1S/C24H19F2N5O4.Pt/c1-24(2,20-11-15(34-3)10-19(27-20)17-6-5-14(25)9-18(17)26)21-12-16(35-4)13-23(28-21)30-8-7-22(29-30)31(32)33;/h5,7,9-13H,1-4H3;/q-2;+2. The molecule has 0 spiro atoms. The first-order valence-corrected chi connectivity index (χ1v) is 10.2. The van der Waals surface area contributed by atoms with Gasteiger partial charge in [0, 0.05) is 40.6 Å². The SMILES string of the molecule is COc1cc(-c2[c-]cc(F)cc2F)nc(C(C)(C)c2cc(OC)cc(-n3[c-]cc([N+](=O)[O-])n3)n2)c1.[Pt+2]. The summed E-state index contributed by atoms with van der Waals surface area (Å²) >= 11 is 0. The van der Waals surface area contributed by atoms with E-state index in [2.05, 4.69) is 27.3 Å². The number of methoxy groups -OCH3 is 2. The summed E-state index contributed by atoms with van der Waals surface area (Å²) in [6.45, 7) is 3.67. The van der Waals surface area contributed by atoms with Gasteiger partial charge in [-0.15, -0.1) is 12.1 Å². The quantitative estimate of drug-likeness (QED) is 0.162. The molecule has 3 heterocycles. The van der Waals surface area contributed by atoms with Crippen LogP contribution in [0.4, 0.5) is 14.6 Å². The van der Waals surface area contributed by atoms with Crippen LogP contribution in [-0.2, 0) is 26.5 Å². The van der Waals surface area contributed by atoms with Gasteiger partial charge >= 0.3 is 21.1 Å². The van der Waals surface area contributed by atoms with Crippen molar-refractivity contribution in [2.24, 2.45) is 0 Å². The molecule has 0 amide bonds. The Bertz CT molecular complexity index is 1430. The Kier molecular flexibility index (Phi) is 7.83. The molecular formula is C24H19F2N5O4Pt. The van der Waals surface area contributed by atoms with E-state index in [9.17, 15) is 18.9 Å². The van der Waals surface area contributed by atoms with Crippen LogP contribution in [0.25, 0.3) is 17.1 Å². The minimum Gasteiger partial charge on any atom is -0.498 e. The fraction of sp³-hybridized carbons (Fsp3) is 0.208. The average molecular weight is 675 g/mol. The Morgan fingerprint density at radius 1 is 1.00 bits per heavy atom. The van der Waals surface area contributed by atoms with E-state index in [4.69, 9.17) is 9.47 Å². The van der Waals surface area contributed by atoms with Gasteiger partial charge in [-0.1, -0.05) is 22.6 Å². The monoisotopic (exact) mass is 674 g/mol. The number of ether oxygens (including phenoxy) is 2. The third-order valence-electron chi connectivity index (χ3n) is 5.37. The van der Waals surface area contributed by atoms with Crippen LogP contribution in [0.1, 0.15) is 25.2 Å². The van der Waals surface area contributed by atoms with Gasteiger partial charge in [0.2, 0.25) is 0 Å². The first-order valence-electron chi connectivity index (χ1n) is 10.2. The average Bonchev–Trinajstić information content (AvgIpc) is 3.34. The molecule has 0 radical (unpaired) electrons. The van der Waals surface area contributed by atoms with Crippen molar-refractivity contribution in [3.63, 3.8) is 0 Å². The zero-order valence-corrected chi connectivity index (χ0v) is 21.8. The van der Waals surface area contributed by atoms with Crippen molar-refractivity contribution in [1.82, 2.24) is 19.7 Å². The summed E-state index contributed by atoms with van der Waals surface area (Å²) in [6, 6.07) is 11.9. The van der Waals surface area contributed by atoms with Crippen LogP contribution >= 0.6 is 0 Å². The summed E-state index contributed by atoms with van der Waals surface area (Å²) in [5.41, 5.74) is 0.242. The molecule has 0 aliphatic carbocycles. The maximum Gasteiger partial charge on any atom is 2.00 e. The van der Waals surface area contributed by atoms with Crippen LogP contribution < -0.4 is 9.47 Å². The van der Waals surface area contributed by atoms with Crippen LogP contribution in [0, 0.1) is 34.0 Å². The number of hydrogen-bond donors (Lipinski definition) is 0. The Morgan fingerprint density at radius 2 is 1.64 bits per heavy atom. The zero-order chi connectivity index (χ0) is 25.3. The molecule has 0 atom stereocenters. The van der Waals surface area contributed by atoms with Crippen molar-refractivity contribution in [2.75, 3.05) is 14.2 Å². The van der Waals surface area contributed by atoms with Gasteiger partial charge in [0.05, 0.1) is 20.0 Å². The van der Waals surface area contributed by atoms with E-state index in [1.54, 1.807) is 18.2 Å². The summed E-state index contributed by atoms with van der Waals surface area (Å²) in [4.78, 5) is 19.6. The predicted octanol–water partition coefficient (Wildman–Crippen LogP) is 4.46. The maximum absolute atomic E-state index is 14.5. The smallest absolute Gasteiger partial charge is 0.498 e. The van der Waals surface area contributed by atoms with Gasteiger partial charge in [-0.25, -0.2) is 4.68 Å². The molecule has 4 aromatic rings. The summed E-state index contributed by atoms with van der Waals surface area (Å²) in [7, 11) is 2.93. The van der Waals surface area contributed by atoms with Crippen LogP contribution in [0.2, 0.25) is 0 Å². The molecule has 3 aromatic heterocycles. The number of hydrogen-bond acceptors (Lipinski definition) is 7. The molecule has 4 rings (SSSR count). The molecule has 9 nitrogen and oxygen atoms in total. The number of halogens is 2. The molecule has 36 heavy (non-hydrogen) atoms. The second-order valence-corrected chi connectivity index (χ2v) is 7.99. The van der Waals surface area contributed by atoms with E-state index < -0.39 is 22.0 Å². The molecule has 0 aliphatic heterocycles. The zero-order valence-electron chi connectivity index (χ0n) is 19.5. The van der Waals surface area contributed by atoms with Gasteiger partial charge in [0.1, 0.15) is 11.5 Å². The summed E-state index contributed by atoms with van der Waals surface area (Å²) < 4.78 is 39.8. The first-order chi connectivity index (χ1) is 16.6.